The molecule has 1 aliphatic carbocycles. The average molecular weight is 307 g/mol. The third-order valence-electron chi connectivity index (χ3n) is 3.85. The minimum atomic E-state index is -4.29. The van der Waals surface area contributed by atoms with Crippen LogP contribution in [0.15, 0.2) is 0 Å². The highest BCUT2D eigenvalue weighted by molar-refractivity contribution is 5.88. The molecule has 0 bridgehead atoms. The number of carbonyl (C=O) groups excluding carboxylic acids is 2. The predicted molar refractivity (Wildman–Crippen MR) is 69.5 cm³/mol. The van der Waals surface area contributed by atoms with Crippen LogP contribution in [0.3, 0.4) is 0 Å². The molecule has 1 heterocycles. The Bertz CT molecular complexity index is 410. The Morgan fingerprint density at radius 1 is 1.38 bits per heavy atom. The van der Waals surface area contributed by atoms with Crippen LogP contribution in [0.1, 0.15) is 25.7 Å². The van der Waals surface area contributed by atoms with Crippen LogP contribution in [-0.2, 0) is 4.79 Å². The number of nitrogens with one attached hydrogen (secondary N) is 1. The van der Waals surface area contributed by atoms with Gasteiger partial charge in [-0.2, -0.15) is 13.2 Å². The van der Waals surface area contributed by atoms with Crippen LogP contribution < -0.4 is 5.32 Å². The van der Waals surface area contributed by atoms with Gasteiger partial charge in [0.1, 0.15) is 6.04 Å². The summed E-state index contributed by atoms with van der Waals surface area (Å²) in [6.45, 7) is 0.524. The number of rotatable bonds is 5. The van der Waals surface area contributed by atoms with E-state index in [1.54, 1.807) is 7.05 Å². The van der Waals surface area contributed by atoms with Gasteiger partial charge in [-0.25, -0.2) is 4.79 Å². The van der Waals surface area contributed by atoms with Crippen LogP contribution in [0.25, 0.3) is 0 Å². The Balaban J connectivity index is 1.89. The van der Waals surface area contributed by atoms with E-state index in [0.717, 1.165) is 12.8 Å². The van der Waals surface area contributed by atoms with E-state index in [1.165, 1.54) is 9.80 Å². The Morgan fingerprint density at radius 2 is 2.05 bits per heavy atom. The van der Waals surface area contributed by atoms with Gasteiger partial charge in [-0.1, -0.05) is 0 Å². The third-order valence-corrected chi connectivity index (χ3v) is 3.85. The van der Waals surface area contributed by atoms with E-state index in [9.17, 15) is 22.8 Å². The van der Waals surface area contributed by atoms with Gasteiger partial charge in [0.2, 0.25) is 5.91 Å². The topological polar surface area (TPSA) is 52.7 Å². The van der Waals surface area contributed by atoms with E-state index in [1.807, 2.05) is 0 Å². The quantitative estimate of drug-likeness (QED) is 0.838. The predicted octanol–water partition coefficient (Wildman–Crippen LogP) is 1.59. The summed E-state index contributed by atoms with van der Waals surface area (Å²) in [4.78, 5) is 26.5. The van der Waals surface area contributed by atoms with Crippen molar-refractivity contribution in [3.63, 3.8) is 0 Å². The van der Waals surface area contributed by atoms with Gasteiger partial charge in [0.15, 0.2) is 0 Å². The summed E-state index contributed by atoms with van der Waals surface area (Å²) >= 11 is 0. The molecule has 1 atom stereocenters. The highest BCUT2D eigenvalue weighted by atomic mass is 19.4. The first-order chi connectivity index (χ1) is 9.76. The molecule has 0 aromatic carbocycles. The molecule has 2 rings (SSSR count). The number of nitrogens with zero attached hydrogens (tertiary/aromatic N) is 2. The fraction of sp³-hybridized carbons (Fsp3) is 0.846. The van der Waals surface area contributed by atoms with Crippen LogP contribution in [0.5, 0.6) is 0 Å². The lowest BCUT2D eigenvalue weighted by Crippen LogP contribution is -2.49. The number of likely N-dealkylation sites (tertiary alicyclic amines) is 1. The molecule has 2 fully saturated rings. The summed E-state index contributed by atoms with van der Waals surface area (Å²) in [7, 11) is 1.64. The van der Waals surface area contributed by atoms with Crippen molar-refractivity contribution in [2.75, 3.05) is 26.7 Å². The maximum Gasteiger partial charge on any atom is 0.390 e. The monoisotopic (exact) mass is 307 g/mol. The summed E-state index contributed by atoms with van der Waals surface area (Å²) in [5.74, 6) is 0.108. The van der Waals surface area contributed by atoms with Crippen molar-refractivity contribution in [3.8, 4) is 0 Å². The molecule has 8 heteroatoms. The molecule has 0 unspecified atom stereocenters. The van der Waals surface area contributed by atoms with Gasteiger partial charge in [-0.3, -0.25) is 4.79 Å². The van der Waals surface area contributed by atoms with Gasteiger partial charge in [0, 0.05) is 26.7 Å². The molecule has 0 aromatic heterocycles. The Labute approximate surface area is 121 Å². The number of likely N-dealkylation sites (N-methyl/N-ethyl adjacent to an activating group) is 1. The Morgan fingerprint density at radius 3 is 2.52 bits per heavy atom. The Kier molecular flexibility index (Phi) is 4.63. The molecule has 120 valence electrons. The van der Waals surface area contributed by atoms with Crippen molar-refractivity contribution in [3.05, 3.63) is 0 Å². The van der Waals surface area contributed by atoms with Crippen molar-refractivity contribution in [1.82, 2.24) is 15.1 Å². The van der Waals surface area contributed by atoms with E-state index in [2.05, 4.69) is 5.32 Å². The molecule has 2 aliphatic rings. The maximum absolute atomic E-state index is 12.3. The first-order valence-electron chi connectivity index (χ1n) is 7.13. The van der Waals surface area contributed by atoms with Gasteiger partial charge in [-0.05, 0) is 25.2 Å². The van der Waals surface area contributed by atoms with Gasteiger partial charge in [0.05, 0.1) is 6.42 Å². The number of hydrogen-bond donors (Lipinski definition) is 1. The lowest BCUT2D eigenvalue weighted by molar-refractivity contribution is -0.136. The molecule has 0 radical (unpaired) electrons. The lowest BCUT2D eigenvalue weighted by Gasteiger charge is -2.25. The first kappa shape index (κ1) is 15.9. The molecule has 0 spiro atoms. The van der Waals surface area contributed by atoms with Gasteiger partial charge < -0.3 is 15.1 Å². The number of halogens is 3. The van der Waals surface area contributed by atoms with E-state index in [0.29, 0.717) is 25.4 Å². The van der Waals surface area contributed by atoms with Crippen LogP contribution in [0.2, 0.25) is 0 Å². The Hall–Kier alpha value is -1.47. The van der Waals surface area contributed by atoms with Crippen molar-refractivity contribution < 1.29 is 22.8 Å². The van der Waals surface area contributed by atoms with Gasteiger partial charge >= 0.3 is 12.2 Å². The van der Waals surface area contributed by atoms with Gasteiger partial charge in [-0.15, -0.1) is 0 Å². The summed E-state index contributed by atoms with van der Waals surface area (Å²) in [6.07, 6.45) is -2.92. The van der Waals surface area contributed by atoms with Gasteiger partial charge in [0.25, 0.3) is 0 Å². The van der Waals surface area contributed by atoms with Crippen molar-refractivity contribution in [2.24, 2.45) is 5.92 Å². The molecule has 0 aromatic rings. The second-order valence-corrected chi connectivity index (χ2v) is 5.81. The number of urea groups is 1. The molecule has 3 amide bonds. The first-order valence-corrected chi connectivity index (χ1v) is 7.13. The SMILES string of the molecule is CN1CC[C@H](NC(=O)N(CCC(F)(F)F)CC2CC2)C1=O. The van der Waals surface area contributed by atoms with E-state index >= 15 is 0 Å². The third kappa shape index (κ3) is 4.78. The van der Waals surface area contributed by atoms with E-state index < -0.39 is 24.7 Å². The van der Waals surface area contributed by atoms with Crippen molar-refractivity contribution >= 4 is 11.9 Å². The zero-order chi connectivity index (χ0) is 15.6. The summed E-state index contributed by atoms with van der Waals surface area (Å²) in [5, 5.41) is 2.56. The number of amides is 3. The van der Waals surface area contributed by atoms with E-state index in [-0.39, 0.29) is 12.5 Å². The van der Waals surface area contributed by atoms with Crippen LogP contribution in [0, 0.1) is 5.92 Å². The minimum absolute atomic E-state index is 0.189. The molecule has 1 N–H and O–H groups in total. The maximum atomic E-state index is 12.3. The molecular weight excluding hydrogens is 287 g/mol. The minimum Gasteiger partial charge on any atom is -0.344 e. The zero-order valence-electron chi connectivity index (χ0n) is 11.9. The highest BCUT2D eigenvalue weighted by Gasteiger charge is 2.35. The fourth-order valence-electron chi connectivity index (χ4n) is 2.35. The van der Waals surface area contributed by atoms with Crippen LogP contribution in [0.4, 0.5) is 18.0 Å². The van der Waals surface area contributed by atoms with E-state index in [4.69, 9.17) is 0 Å². The second kappa shape index (κ2) is 6.11. The van der Waals surface area contributed by atoms with Crippen molar-refractivity contribution in [1.29, 1.82) is 0 Å². The average Bonchev–Trinajstić information content (AvgIpc) is 3.15. The summed E-state index contributed by atoms with van der Waals surface area (Å²) < 4.78 is 37.0. The molecule has 5 nitrogen and oxygen atoms in total. The normalized spacial score (nSPS) is 22.6. The molecular formula is C13H20F3N3O2. The molecule has 1 aliphatic heterocycles. The fourth-order valence-corrected chi connectivity index (χ4v) is 2.35. The van der Waals surface area contributed by atoms with Crippen LogP contribution in [-0.4, -0.2) is 60.6 Å². The molecule has 21 heavy (non-hydrogen) atoms. The standard InChI is InChI=1S/C13H20F3N3O2/c1-18-6-4-10(11(18)20)17-12(21)19(8-9-2-3-9)7-5-13(14,15)16/h9-10H,2-8H2,1H3,(H,17,21)/t10-/m0/s1. The number of alkyl halides is 3. The molecule has 1 saturated heterocycles. The largest absolute Gasteiger partial charge is 0.390 e. The summed E-state index contributed by atoms with van der Waals surface area (Å²) in [6, 6.07) is -1.19. The number of hydrogen-bond acceptors (Lipinski definition) is 2. The van der Waals surface area contributed by atoms with Crippen molar-refractivity contribution in [2.45, 2.75) is 37.9 Å². The molecule has 1 saturated carbocycles. The lowest BCUT2D eigenvalue weighted by atomic mass is 10.2. The number of carbonyl (C=O) groups is 2. The smallest absolute Gasteiger partial charge is 0.344 e. The second-order valence-electron chi connectivity index (χ2n) is 5.81. The zero-order valence-corrected chi connectivity index (χ0v) is 11.9. The summed E-state index contributed by atoms with van der Waals surface area (Å²) in [5.41, 5.74) is 0. The van der Waals surface area contributed by atoms with Crippen LogP contribution >= 0.6 is 0 Å². The highest BCUT2D eigenvalue weighted by Crippen LogP contribution is 2.30.